The zero-order valence-electron chi connectivity index (χ0n) is 8.30. The molecule has 1 nitrogen and oxygen atoms in total. The van der Waals surface area contributed by atoms with Gasteiger partial charge in [0.05, 0.1) is 0 Å². The molecule has 1 aliphatic heterocycles. The number of benzene rings is 1. The van der Waals surface area contributed by atoms with Gasteiger partial charge < -0.3 is 5.32 Å². The van der Waals surface area contributed by atoms with Crippen molar-refractivity contribution in [2.24, 2.45) is 0 Å². The summed E-state index contributed by atoms with van der Waals surface area (Å²) in [6.07, 6.45) is 3.62. The fourth-order valence-electron chi connectivity index (χ4n) is 2.09. The molecule has 0 bridgehead atoms. The zero-order chi connectivity index (χ0) is 9.80. The average Bonchev–Trinajstić information content (AvgIpc) is 2.47. The molecule has 0 amide bonds. The highest BCUT2D eigenvalue weighted by Gasteiger charge is 2.13. The van der Waals surface area contributed by atoms with Crippen molar-refractivity contribution in [2.75, 3.05) is 13.1 Å². The molecule has 2 heteroatoms. The first-order chi connectivity index (χ1) is 6.86. The van der Waals surface area contributed by atoms with Crippen molar-refractivity contribution < 1.29 is 4.39 Å². The van der Waals surface area contributed by atoms with Gasteiger partial charge in [-0.05, 0) is 56.0 Å². The lowest BCUT2D eigenvalue weighted by Gasteiger charge is -2.13. The Hall–Kier alpha value is -0.890. The quantitative estimate of drug-likeness (QED) is 0.723. The summed E-state index contributed by atoms with van der Waals surface area (Å²) in [5.41, 5.74) is 1.29. The summed E-state index contributed by atoms with van der Waals surface area (Å²) in [5.74, 6) is 0.478. The monoisotopic (exact) mass is 193 g/mol. The Kier molecular flexibility index (Phi) is 3.14. The van der Waals surface area contributed by atoms with Crippen molar-refractivity contribution in [1.82, 2.24) is 5.32 Å². The Morgan fingerprint density at radius 1 is 1.07 bits per heavy atom. The Bertz CT molecular complexity index is 273. The molecule has 0 aliphatic carbocycles. The second-order valence-corrected chi connectivity index (χ2v) is 3.93. The Balaban J connectivity index is 2.08. The lowest BCUT2D eigenvalue weighted by molar-refractivity contribution is 0.600. The number of nitrogens with one attached hydrogen (secondary N) is 1. The first kappa shape index (κ1) is 9.66. The van der Waals surface area contributed by atoms with Gasteiger partial charge in [-0.15, -0.1) is 0 Å². The summed E-state index contributed by atoms with van der Waals surface area (Å²) in [6.45, 7) is 2.21. The number of hydrogen-bond acceptors (Lipinski definition) is 1. The molecule has 0 spiro atoms. The highest BCUT2D eigenvalue weighted by atomic mass is 19.1. The predicted octanol–water partition coefficient (Wildman–Crippen LogP) is 2.68. The molecule has 1 aromatic rings. The minimum Gasteiger partial charge on any atom is -0.317 e. The summed E-state index contributed by atoms with van der Waals surface area (Å²) >= 11 is 0. The van der Waals surface area contributed by atoms with E-state index in [2.05, 4.69) is 5.32 Å². The summed E-state index contributed by atoms with van der Waals surface area (Å²) in [4.78, 5) is 0. The molecule has 76 valence electrons. The average molecular weight is 193 g/mol. The van der Waals surface area contributed by atoms with Crippen molar-refractivity contribution in [2.45, 2.75) is 25.2 Å². The van der Waals surface area contributed by atoms with Gasteiger partial charge in [-0.1, -0.05) is 12.1 Å². The molecular weight excluding hydrogens is 177 g/mol. The second kappa shape index (κ2) is 4.56. The molecule has 0 radical (unpaired) electrons. The molecule has 1 unspecified atom stereocenters. The fourth-order valence-corrected chi connectivity index (χ4v) is 2.09. The van der Waals surface area contributed by atoms with Gasteiger partial charge in [-0.3, -0.25) is 0 Å². The highest BCUT2D eigenvalue weighted by Crippen LogP contribution is 2.25. The van der Waals surface area contributed by atoms with Gasteiger partial charge >= 0.3 is 0 Å². The Morgan fingerprint density at radius 3 is 2.64 bits per heavy atom. The van der Waals surface area contributed by atoms with E-state index < -0.39 is 0 Å². The van der Waals surface area contributed by atoms with Crippen LogP contribution in [0.5, 0.6) is 0 Å². The molecule has 0 saturated carbocycles. The second-order valence-electron chi connectivity index (χ2n) is 3.93. The molecule has 1 fully saturated rings. The summed E-state index contributed by atoms with van der Waals surface area (Å²) in [7, 11) is 0. The Labute approximate surface area is 84.3 Å². The van der Waals surface area contributed by atoms with Crippen LogP contribution in [0.4, 0.5) is 4.39 Å². The molecule has 1 saturated heterocycles. The van der Waals surface area contributed by atoms with E-state index in [0.717, 1.165) is 13.1 Å². The van der Waals surface area contributed by atoms with Gasteiger partial charge in [-0.25, -0.2) is 4.39 Å². The normalized spacial score (nSPS) is 23.1. The largest absolute Gasteiger partial charge is 0.317 e. The maximum Gasteiger partial charge on any atom is 0.123 e. The third-order valence-corrected chi connectivity index (χ3v) is 2.92. The van der Waals surface area contributed by atoms with Gasteiger partial charge in [0.25, 0.3) is 0 Å². The zero-order valence-corrected chi connectivity index (χ0v) is 8.30. The number of hydrogen-bond donors (Lipinski definition) is 1. The van der Waals surface area contributed by atoms with Crippen LogP contribution in [0.3, 0.4) is 0 Å². The minimum atomic E-state index is -0.138. The molecule has 1 aliphatic rings. The summed E-state index contributed by atoms with van der Waals surface area (Å²) in [5, 5.41) is 3.38. The SMILES string of the molecule is Fc1ccc(C2CCCNCC2)cc1. The fraction of sp³-hybridized carbons (Fsp3) is 0.500. The lowest BCUT2D eigenvalue weighted by atomic mass is 9.92. The van der Waals surface area contributed by atoms with Gasteiger partial charge in [0.15, 0.2) is 0 Å². The van der Waals surface area contributed by atoms with Gasteiger partial charge in [0.2, 0.25) is 0 Å². The number of rotatable bonds is 1. The molecule has 1 heterocycles. The van der Waals surface area contributed by atoms with Crippen molar-refractivity contribution in [3.05, 3.63) is 35.6 Å². The number of halogens is 1. The van der Waals surface area contributed by atoms with Crippen LogP contribution in [0.1, 0.15) is 30.7 Å². The van der Waals surface area contributed by atoms with Crippen LogP contribution in [-0.4, -0.2) is 13.1 Å². The summed E-state index contributed by atoms with van der Waals surface area (Å²) < 4.78 is 12.7. The lowest BCUT2D eigenvalue weighted by Crippen LogP contribution is -2.13. The molecule has 14 heavy (non-hydrogen) atoms. The van der Waals surface area contributed by atoms with E-state index in [1.807, 2.05) is 12.1 Å². The van der Waals surface area contributed by atoms with Gasteiger partial charge in [-0.2, -0.15) is 0 Å². The molecule has 2 rings (SSSR count). The third kappa shape index (κ3) is 2.32. The van der Waals surface area contributed by atoms with E-state index in [-0.39, 0.29) is 5.82 Å². The standard InChI is InChI=1S/C12H16FN/c13-12-5-3-11(4-6-12)10-2-1-8-14-9-7-10/h3-6,10,14H,1-2,7-9H2. The maximum atomic E-state index is 12.7. The van der Waals surface area contributed by atoms with Crippen LogP contribution in [0.2, 0.25) is 0 Å². The van der Waals surface area contributed by atoms with E-state index >= 15 is 0 Å². The molecule has 1 N–H and O–H groups in total. The smallest absolute Gasteiger partial charge is 0.123 e. The van der Waals surface area contributed by atoms with Crippen LogP contribution in [0.25, 0.3) is 0 Å². The van der Waals surface area contributed by atoms with Gasteiger partial charge in [0.1, 0.15) is 5.82 Å². The van der Waals surface area contributed by atoms with E-state index in [0.29, 0.717) is 5.92 Å². The van der Waals surface area contributed by atoms with Crippen molar-refractivity contribution in [1.29, 1.82) is 0 Å². The van der Waals surface area contributed by atoms with Crippen LogP contribution < -0.4 is 5.32 Å². The topological polar surface area (TPSA) is 12.0 Å². The first-order valence-electron chi connectivity index (χ1n) is 5.32. The van der Waals surface area contributed by atoms with Crippen molar-refractivity contribution >= 4 is 0 Å². The molecule has 1 aromatic carbocycles. The van der Waals surface area contributed by atoms with E-state index in [9.17, 15) is 4.39 Å². The molecule has 0 aromatic heterocycles. The van der Waals surface area contributed by atoms with E-state index in [4.69, 9.17) is 0 Å². The predicted molar refractivity (Wildman–Crippen MR) is 55.9 cm³/mol. The third-order valence-electron chi connectivity index (χ3n) is 2.92. The Morgan fingerprint density at radius 2 is 1.86 bits per heavy atom. The van der Waals surface area contributed by atoms with E-state index in [1.165, 1.54) is 24.8 Å². The summed E-state index contributed by atoms with van der Waals surface area (Å²) in [6, 6.07) is 6.97. The molecular formula is C12H16FN. The van der Waals surface area contributed by atoms with Crippen LogP contribution >= 0.6 is 0 Å². The first-order valence-corrected chi connectivity index (χ1v) is 5.32. The van der Waals surface area contributed by atoms with Crippen molar-refractivity contribution in [3.63, 3.8) is 0 Å². The van der Waals surface area contributed by atoms with Crippen LogP contribution in [-0.2, 0) is 0 Å². The van der Waals surface area contributed by atoms with Crippen molar-refractivity contribution in [3.8, 4) is 0 Å². The van der Waals surface area contributed by atoms with Gasteiger partial charge in [0, 0.05) is 0 Å². The maximum absolute atomic E-state index is 12.7. The van der Waals surface area contributed by atoms with Crippen LogP contribution in [0, 0.1) is 5.82 Å². The molecule has 1 atom stereocenters. The van der Waals surface area contributed by atoms with Crippen LogP contribution in [0.15, 0.2) is 24.3 Å². The minimum absolute atomic E-state index is 0.138. The van der Waals surface area contributed by atoms with E-state index in [1.54, 1.807) is 12.1 Å². The highest BCUT2D eigenvalue weighted by molar-refractivity contribution is 5.20.